The molecular weight excluding hydrogens is 420 g/mol. The van der Waals surface area contributed by atoms with Crippen LogP contribution in [0.3, 0.4) is 0 Å². The fraction of sp³-hybridized carbons (Fsp3) is 0.158. The summed E-state index contributed by atoms with van der Waals surface area (Å²) in [6.45, 7) is -1.29. The lowest BCUT2D eigenvalue weighted by Crippen LogP contribution is -2.17. The molecule has 0 atom stereocenters. The first-order valence-electron chi connectivity index (χ1n) is 8.20. The van der Waals surface area contributed by atoms with E-state index in [0.717, 1.165) is 22.9 Å². The van der Waals surface area contributed by atoms with E-state index in [1.54, 1.807) is 6.07 Å². The van der Waals surface area contributed by atoms with Crippen LogP contribution >= 0.6 is 11.6 Å². The Morgan fingerprint density at radius 1 is 0.931 bits per heavy atom. The van der Waals surface area contributed by atoms with Crippen molar-refractivity contribution in [3.05, 3.63) is 59.6 Å². The van der Waals surface area contributed by atoms with Gasteiger partial charge in [0.2, 0.25) is 0 Å². The first kappa shape index (κ1) is 19.5. The molecule has 0 radical (unpaired) electrons. The Morgan fingerprint density at radius 3 is 2.31 bits per heavy atom. The number of fused-ring (bicyclic) bond motifs is 3. The second-order valence-corrected chi connectivity index (χ2v) is 6.81. The van der Waals surface area contributed by atoms with Gasteiger partial charge in [-0.1, -0.05) is 17.7 Å². The highest BCUT2D eigenvalue weighted by Crippen LogP contribution is 2.39. The Kier molecular flexibility index (Phi) is 4.45. The molecule has 3 nitrogen and oxygen atoms in total. The number of hydrogen-bond acceptors (Lipinski definition) is 2. The highest BCUT2D eigenvalue weighted by Gasteiger charge is 2.33. The van der Waals surface area contributed by atoms with Gasteiger partial charge < -0.3 is 4.57 Å². The molecule has 4 aromatic rings. The van der Waals surface area contributed by atoms with Crippen LogP contribution in [0.2, 0.25) is 5.02 Å². The minimum Gasteiger partial charge on any atom is -0.329 e. The van der Waals surface area contributed by atoms with E-state index in [9.17, 15) is 26.3 Å². The topological polar surface area (TPSA) is 30.7 Å². The molecule has 3 aromatic heterocycles. The maximum atomic E-state index is 13.3. The van der Waals surface area contributed by atoms with E-state index in [-0.39, 0.29) is 27.2 Å². The molecule has 0 spiro atoms. The fourth-order valence-corrected chi connectivity index (χ4v) is 3.55. The maximum Gasteiger partial charge on any atom is 0.433 e. The summed E-state index contributed by atoms with van der Waals surface area (Å²) in [5, 5.41) is 1.17. The molecule has 0 saturated carbocycles. The van der Waals surface area contributed by atoms with Crippen LogP contribution < -0.4 is 0 Å². The van der Waals surface area contributed by atoms with E-state index in [1.807, 2.05) is 0 Å². The summed E-state index contributed by atoms with van der Waals surface area (Å²) in [4.78, 5) is 7.31. The van der Waals surface area contributed by atoms with Crippen LogP contribution in [-0.4, -0.2) is 20.7 Å². The molecule has 1 aromatic carbocycles. The second-order valence-electron chi connectivity index (χ2n) is 6.37. The van der Waals surface area contributed by atoms with Gasteiger partial charge >= 0.3 is 12.4 Å². The largest absolute Gasteiger partial charge is 0.433 e. The Morgan fingerprint density at radius 2 is 1.69 bits per heavy atom. The highest BCUT2D eigenvalue weighted by molar-refractivity contribution is 6.32. The van der Waals surface area contributed by atoms with Crippen LogP contribution in [0, 0.1) is 0 Å². The third kappa shape index (κ3) is 3.62. The van der Waals surface area contributed by atoms with Gasteiger partial charge in [0.15, 0.2) is 0 Å². The minimum atomic E-state index is -4.63. The number of nitrogens with zero attached hydrogens (tertiary/aromatic N) is 3. The first-order chi connectivity index (χ1) is 13.5. The average Bonchev–Trinajstić information content (AvgIpc) is 2.93. The molecular formula is C19H10ClF6N3. The van der Waals surface area contributed by atoms with E-state index in [1.165, 1.54) is 24.5 Å². The molecule has 10 heteroatoms. The van der Waals surface area contributed by atoms with Crippen molar-refractivity contribution in [3.8, 4) is 11.1 Å². The smallest absolute Gasteiger partial charge is 0.329 e. The van der Waals surface area contributed by atoms with E-state index in [0.29, 0.717) is 10.8 Å². The molecule has 0 amide bonds. The summed E-state index contributed by atoms with van der Waals surface area (Å²) in [6, 6.07) is 6.44. The average molecular weight is 430 g/mol. The summed E-state index contributed by atoms with van der Waals surface area (Å²) in [5.41, 5.74) is -0.210. The van der Waals surface area contributed by atoms with Crippen LogP contribution in [0.4, 0.5) is 26.3 Å². The lowest BCUT2D eigenvalue weighted by molar-refractivity contribution is -0.141. The van der Waals surface area contributed by atoms with Crippen LogP contribution in [-0.2, 0) is 12.7 Å². The van der Waals surface area contributed by atoms with Crippen LogP contribution in [0.25, 0.3) is 32.9 Å². The molecule has 0 bridgehead atoms. The maximum absolute atomic E-state index is 13.3. The highest BCUT2D eigenvalue weighted by atomic mass is 35.5. The van der Waals surface area contributed by atoms with Gasteiger partial charge in [-0.3, -0.25) is 9.97 Å². The lowest BCUT2D eigenvalue weighted by atomic mass is 10.0. The number of alkyl halides is 6. The van der Waals surface area contributed by atoms with Crippen molar-refractivity contribution < 1.29 is 26.3 Å². The molecule has 4 rings (SSSR count). The molecule has 0 aliphatic rings. The molecule has 0 fully saturated rings. The van der Waals surface area contributed by atoms with Crippen molar-refractivity contribution in [2.45, 2.75) is 18.9 Å². The normalized spacial score (nSPS) is 12.8. The third-order valence-corrected chi connectivity index (χ3v) is 4.65. The van der Waals surface area contributed by atoms with Crippen molar-refractivity contribution >= 4 is 33.4 Å². The summed E-state index contributed by atoms with van der Waals surface area (Å²) in [5.74, 6) is 0. The Balaban J connectivity index is 2.04. The van der Waals surface area contributed by atoms with Gasteiger partial charge in [-0.2, -0.15) is 26.3 Å². The van der Waals surface area contributed by atoms with E-state index in [2.05, 4.69) is 9.97 Å². The molecule has 0 N–H and O–H groups in total. The summed E-state index contributed by atoms with van der Waals surface area (Å²) in [6.07, 6.45) is -5.42. The molecule has 0 unspecified atom stereocenters. The van der Waals surface area contributed by atoms with Gasteiger partial charge in [-0.05, 0) is 24.3 Å². The van der Waals surface area contributed by atoms with Crippen molar-refractivity contribution in [3.63, 3.8) is 0 Å². The van der Waals surface area contributed by atoms with Crippen LogP contribution in [0.15, 0.2) is 48.9 Å². The molecule has 3 heterocycles. The van der Waals surface area contributed by atoms with Crippen molar-refractivity contribution in [2.24, 2.45) is 0 Å². The van der Waals surface area contributed by atoms with Gasteiger partial charge in [0.05, 0.1) is 17.2 Å². The van der Waals surface area contributed by atoms with E-state index in [4.69, 9.17) is 11.6 Å². The Hall–Kier alpha value is -2.81. The molecule has 0 aliphatic heterocycles. The zero-order chi connectivity index (χ0) is 21.0. The molecule has 0 aliphatic carbocycles. The third-order valence-electron chi connectivity index (χ3n) is 4.43. The Bertz CT molecular complexity index is 1210. The van der Waals surface area contributed by atoms with Crippen LogP contribution in [0.5, 0.6) is 0 Å². The number of halogens is 7. The number of aromatic nitrogens is 3. The quantitative estimate of drug-likeness (QED) is 0.341. The summed E-state index contributed by atoms with van der Waals surface area (Å²) >= 11 is 6.17. The standard InChI is InChI=1S/C19H10ClF6N3/c20-11-5-13(10-1-2-16(28-7-10)19(24,25)26)17-14(6-11)12-3-4-27-8-15(12)29(17)9-18(21,22)23/h1-8H,9H2. The summed E-state index contributed by atoms with van der Waals surface area (Å²) < 4.78 is 79.3. The number of benzene rings is 1. The number of hydrogen-bond donors (Lipinski definition) is 0. The molecule has 29 heavy (non-hydrogen) atoms. The number of pyridine rings is 2. The SMILES string of the molecule is FC(F)(F)Cn1c2cnccc2c2cc(Cl)cc(-c3ccc(C(F)(F)F)nc3)c21. The van der Waals surface area contributed by atoms with Gasteiger partial charge in [0, 0.05) is 39.3 Å². The predicted molar refractivity (Wildman–Crippen MR) is 96.5 cm³/mol. The first-order valence-corrected chi connectivity index (χ1v) is 8.58. The van der Waals surface area contributed by atoms with Gasteiger partial charge in [0.1, 0.15) is 12.2 Å². The fourth-order valence-electron chi connectivity index (χ4n) is 3.33. The van der Waals surface area contributed by atoms with Crippen molar-refractivity contribution in [2.75, 3.05) is 0 Å². The Labute approximate surface area is 164 Å². The van der Waals surface area contributed by atoms with Gasteiger partial charge in [-0.15, -0.1) is 0 Å². The van der Waals surface area contributed by atoms with Crippen molar-refractivity contribution in [1.29, 1.82) is 0 Å². The lowest BCUT2D eigenvalue weighted by Gasteiger charge is -2.14. The predicted octanol–water partition coefficient (Wildman–Crippen LogP) is 6.49. The zero-order valence-electron chi connectivity index (χ0n) is 14.3. The van der Waals surface area contributed by atoms with E-state index < -0.39 is 24.6 Å². The van der Waals surface area contributed by atoms with Gasteiger partial charge in [0.25, 0.3) is 0 Å². The number of rotatable bonds is 2. The van der Waals surface area contributed by atoms with Gasteiger partial charge in [-0.25, -0.2) is 0 Å². The molecule has 150 valence electrons. The van der Waals surface area contributed by atoms with Crippen LogP contribution in [0.1, 0.15) is 5.69 Å². The zero-order valence-corrected chi connectivity index (χ0v) is 15.1. The minimum absolute atomic E-state index is 0.191. The second kappa shape index (κ2) is 6.62. The van der Waals surface area contributed by atoms with E-state index >= 15 is 0 Å². The summed E-state index contributed by atoms with van der Waals surface area (Å²) in [7, 11) is 0. The molecule has 0 saturated heterocycles. The monoisotopic (exact) mass is 429 g/mol. The van der Waals surface area contributed by atoms with Crippen molar-refractivity contribution in [1.82, 2.24) is 14.5 Å².